The molecule has 0 aliphatic rings. The zero-order valence-electron chi connectivity index (χ0n) is 12.9. The first-order valence-corrected chi connectivity index (χ1v) is 7.90. The normalized spacial score (nSPS) is 10.3. The van der Waals surface area contributed by atoms with E-state index in [0.717, 1.165) is 11.3 Å². The lowest BCUT2D eigenvalue weighted by Gasteiger charge is -2.01. The molecule has 3 rings (SSSR count). The Balaban J connectivity index is 1.83. The van der Waals surface area contributed by atoms with Gasteiger partial charge in [-0.05, 0) is 6.07 Å². The number of nitro benzene ring substituents is 2. The highest BCUT2D eigenvalue weighted by Gasteiger charge is 2.20. The van der Waals surface area contributed by atoms with E-state index in [9.17, 15) is 25.0 Å². The van der Waals surface area contributed by atoms with Gasteiger partial charge < -0.3 is 0 Å². The molecule has 0 saturated carbocycles. The van der Waals surface area contributed by atoms with Gasteiger partial charge in [0.2, 0.25) is 5.13 Å². The van der Waals surface area contributed by atoms with E-state index in [1.54, 1.807) is 6.07 Å². The second-order valence-electron chi connectivity index (χ2n) is 4.95. The van der Waals surface area contributed by atoms with Crippen molar-refractivity contribution in [1.82, 2.24) is 10.2 Å². The summed E-state index contributed by atoms with van der Waals surface area (Å²) in [6.07, 6.45) is 0. The maximum Gasteiger partial charge on any atom is 0.282 e. The van der Waals surface area contributed by atoms with Gasteiger partial charge in [-0.25, -0.2) is 0 Å². The van der Waals surface area contributed by atoms with Crippen LogP contribution in [-0.4, -0.2) is 26.0 Å². The third-order valence-corrected chi connectivity index (χ3v) is 4.18. The van der Waals surface area contributed by atoms with Gasteiger partial charge in [0.05, 0.1) is 9.85 Å². The molecule has 0 fully saturated rings. The van der Waals surface area contributed by atoms with E-state index in [1.807, 2.05) is 0 Å². The Morgan fingerprint density at radius 3 is 2.50 bits per heavy atom. The molecule has 0 aliphatic heterocycles. The summed E-state index contributed by atoms with van der Waals surface area (Å²) < 4.78 is 0. The third kappa shape index (κ3) is 3.52. The van der Waals surface area contributed by atoms with Gasteiger partial charge in [-0.1, -0.05) is 35.6 Å². The number of benzene rings is 2. The molecule has 3 aromatic rings. The summed E-state index contributed by atoms with van der Waals surface area (Å²) >= 11 is 0.997. The summed E-state index contributed by atoms with van der Waals surface area (Å²) in [4.78, 5) is 32.9. The van der Waals surface area contributed by atoms with Crippen LogP contribution in [0.1, 0.15) is 10.4 Å². The van der Waals surface area contributed by atoms with Crippen molar-refractivity contribution in [3.8, 4) is 10.6 Å². The Kier molecular flexibility index (Phi) is 4.62. The van der Waals surface area contributed by atoms with Crippen molar-refractivity contribution >= 4 is 33.8 Å². The van der Waals surface area contributed by atoms with Gasteiger partial charge in [-0.2, -0.15) is 0 Å². The number of non-ortho nitro benzene ring substituents is 1. The number of hydrogen-bond donors (Lipinski definition) is 1. The summed E-state index contributed by atoms with van der Waals surface area (Å²) in [6.45, 7) is 0. The second-order valence-corrected chi connectivity index (χ2v) is 5.93. The molecule has 1 amide bonds. The van der Waals surface area contributed by atoms with Gasteiger partial charge >= 0.3 is 0 Å². The number of carbonyl (C=O) groups is 1. The van der Waals surface area contributed by atoms with Crippen molar-refractivity contribution in [3.05, 3.63) is 74.3 Å². The Labute approximate surface area is 149 Å². The smallest absolute Gasteiger partial charge is 0.282 e. The Morgan fingerprint density at radius 2 is 1.77 bits per heavy atom. The molecule has 0 atom stereocenters. The number of aromatic nitrogens is 2. The molecular formula is C15H9N5O5S. The molecule has 2 aromatic carbocycles. The van der Waals surface area contributed by atoms with Gasteiger partial charge in [-0.3, -0.25) is 30.3 Å². The van der Waals surface area contributed by atoms with Crippen molar-refractivity contribution in [2.24, 2.45) is 0 Å². The van der Waals surface area contributed by atoms with Gasteiger partial charge in [0.25, 0.3) is 17.3 Å². The summed E-state index contributed by atoms with van der Waals surface area (Å²) in [6, 6.07) is 11.4. The van der Waals surface area contributed by atoms with Gasteiger partial charge in [0.15, 0.2) is 0 Å². The molecular weight excluding hydrogens is 362 g/mol. The molecule has 1 aromatic heterocycles. The van der Waals surface area contributed by atoms with Gasteiger partial charge in [0, 0.05) is 23.8 Å². The highest BCUT2D eigenvalue weighted by atomic mass is 32.1. The molecule has 130 valence electrons. The average Bonchev–Trinajstić information content (AvgIpc) is 3.10. The zero-order valence-corrected chi connectivity index (χ0v) is 13.7. The highest BCUT2D eigenvalue weighted by Crippen LogP contribution is 2.29. The van der Waals surface area contributed by atoms with E-state index in [1.165, 1.54) is 42.5 Å². The van der Waals surface area contributed by atoms with Crippen molar-refractivity contribution in [2.45, 2.75) is 0 Å². The molecule has 1 heterocycles. The Bertz CT molecular complexity index is 1020. The predicted molar refractivity (Wildman–Crippen MR) is 93.0 cm³/mol. The fraction of sp³-hybridized carbons (Fsp3) is 0. The minimum absolute atomic E-state index is 0.0943. The molecule has 11 heteroatoms. The number of nitrogens with zero attached hydrogens (tertiary/aromatic N) is 4. The van der Waals surface area contributed by atoms with Crippen LogP contribution in [0.3, 0.4) is 0 Å². The van der Waals surface area contributed by atoms with E-state index in [2.05, 4.69) is 15.5 Å². The van der Waals surface area contributed by atoms with Crippen molar-refractivity contribution in [1.29, 1.82) is 0 Å². The fourth-order valence-electron chi connectivity index (χ4n) is 2.13. The molecule has 10 nitrogen and oxygen atoms in total. The van der Waals surface area contributed by atoms with Crippen LogP contribution < -0.4 is 5.32 Å². The number of nitro groups is 2. The summed E-state index contributed by atoms with van der Waals surface area (Å²) in [5.41, 5.74) is -0.0518. The maximum absolute atomic E-state index is 12.3. The number of hydrogen-bond acceptors (Lipinski definition) is 8. The number of rotatable bonds is 5. The van der Waals surface area contributed by atoms with Crippen LogP contribution in [0.25, 0.3) is 10.6 Å². The lowest BCUT2D eigenvalue weighted by atomic mass is 10.1. The van der Waals surface area contributed by atoms with Crippen LogP contribution in [0, 0.1) is 20.2 Å². The first kappa shape index (κ1) is 17.1. The number of carbonyl (C=O) groups excluding carboxylic acids is 1. The number of anilines is 1. The summed E-state index contributed by atoms with van der Waals surface area (Å²) in [5.74, 6) is -0.695. The number of nitrogens with one attached hydrogen (secondary N) is 1. The molecule has 26 heavy (non-hydrogen) atoms. The summed E-state index contributed by atoms with van der Waals surface area (Å²) in [7, 11) is 0. The van der Waals surface area contributed by atoms with E-state index < -0.39 is 15.8 Å². The van der Waals surface area contributed by atoms with Gasteiger partial charge in [-0.15, -0.1) is 10.2 Å². The lowest BCUT2D eigenvalue weighted by Crippen LogP contribution is -2.13. The number of amides is 1. The van der Waals surface area contributed by atoms with Crippen LogP contribution in [-0.2, 0) is 0 Å². The zero-order chi connectivity index (χ0) is 18.7. The SMILES string of the molecule is O=C(Nc1nnc(-c2cccc([N+](=O)[O-])c2)s1)c1ccccc1[N+](=O)[O-]. The minimum Gasteiger partial charge on any atom is -0.296 e. The second kappa shape index (κ2) is 7.03. The third-order valence-electron chi connectivity index (χ3n) is 3.29. The van der Waals surface area contributed by atoms with E-state index in [-0.39, 0.29) is 22.1 Å². The molecule has 0 aliphatic carbocycles. The molecule has 0 unspecified atom stereocenters. The quantitative estimate of drug-likeness (QED) is 0.536. The van der Waals surface area contributed by atoms with Crippen molar-refractivity contribution < 1.29 is 14.6 Å². The topological polar surface area (TPSA) is 141 Å². The van der Waals surface area contributed by atoms with Gasteiger partial charge in [0.1, 0.15) is 10.6 Å². The van der Waals surface area contributed by atoms with Crippen LogP contribution in [0.5, 0.6) is 0 Å². The monoisotopic (exact) mass is 371 g/mol. The molecule has 1 N–H and O–H groups in total. The molecule has 0 saturated heterocycles. The Hall–Kier alpha value is -3.73. The molecule has 0 bridgehead atoms. The van der Waals surface area contributed by atoms with E-state index in [0.29, 0.717) is 10.6 Å². The Morgan fingerprint density at radius 1 is 1.00 bits per heavy atom. The largest absolute Gasteiger partial charge is 0.296 e. The van der Waals surface area contributed by atoms with Crippen LogP contribution in [0.2, 0.25) is 0 Å². The van der Waals surface area contributed by atoms with Crippen LogP contribution in [0.15, 0.2) is 48.5 Å². The highest BCUT2D eigenvalue weighted by molar-refractivity contribution is 7.18. The van der Waals surface area contributed by atoms with Crippen molar-refractivity contribution in [3.63, 3.8) is 0 Å². The van der Waals surface area contributed by atoms with E-state index in [4.69, 9.17) is 0 Å². The number of para-hydroxylation sites is 1. The van der Waals surface area contributed by atoms with Crippen LogP contribution >= 0.6 is 11.3 Å². The van der Waals surface area contributed by atoms with Crippen LogP contribution in [0.4, 0.5) is 16.5 Å². The molecule has 0 radical (unpaired) electrons. The standard InChI is InChI=1S/C15H9N5O5S/c21-13(11-6-1-2-7-12(11)20(24)25)16-15-18-17-14(26-15)9-4-3-5-10(8-9)19(22)23/h1-8H,(H,16,18,21). The molecule has 0 spiro atoms. The predicted octanol–water partition coefficient (Wildman–Crippen LogP) is 3.27. The summed E-state index contributed by atoms with van der Waals surface area (Å²) in [5, 5.41) is 32.5. The first-order chi connectivity index (χ1) is 12.5. The lowest BCUT2D eigenvalue weighted by molar-refractivity contribution is -0.385. The minimum atomic E-state index is -0.695. The maximum atomic E-state index is 12.3. The van der Waals surface area contributed by atoms with Crippen molar-refractivity contribution in [2.75, 3.05) is 5.32 Å². The fourth-order valence-corrected chi connectivity index (χ4v) is 2.87. The average molecular weight is 371 g/mol. The first-order valence-electron chi connectivity index (χ1n) is 7.09. The van der Waals surface area contributed by atoms with E-state index >= 15 is 0 Å².